The molecule has 0 amide bonds. The Morgan fingerprint density at radius 2 is 1.94 bits per heavy atom. The van der Waals surface area contributed by atoms with E-state index in [-0.39, 0.29) is 0 Å². The lowest BCUT2D eigenvalue weighted by Gasteiger charge is -1.99. The van der Waals surface area contributed by atoms with Gasteiger partial charge in [0.2, 0.25) is 0 Å². The number of fused-ring (bicyclic) bond motifs is 1. The summed E-state index contributed by atoms with van der Waals surface area (Å²) < 4.78 is 0. The third kappa shape index (κ3) is 1.77. The Labute approximate surface area is 107 Å². The molecule has 0 spiro atoms. The Bertz CT molecular complexity index is 754. The van der Waals surface area contributed by atoms with E-state index < -0.39 is 0 Å². The SMILES string of the molecule is N#Cc1ccc(-c2cnc3nc(N)sc3n2)cc1. The molecule has 18 heavy (non-hydrogen) atoms. The van der Waals surface area contributed by atoms with Crippen molar-refractivity contribution in [1.82, 2.24) is 15.0 Å². The maximum atomic E-state index is 8.74. The summed E-state index contributed by atoms with van der Waals surface area (Å²) in [7, 11) is 0. The molecule has 2 heterocycles. The van der Waals surface area contributed by atoms with Crippen LogP contribution in [-0.4, -0.2) is 15.0 Å². The minimum atomic E-state index is 0.460. The van der Waals surface area contributed by atoms with Crippen molar-refractivity contribution in [2.75, 3.05) is 5.73 Å². The van der Waals surface area contributed by atoms with E-state index in [1.807, 2.05) is 12.1 Å². The molecule has 2 N–H and O–H groups in total. The standard InChI is InChI=1S/C12H7N5S/c13-5-7-1-3-8(4-2-7)9-6-15-10-11(16-9)18-12(14)17-10/h1-4,6H,(H2,14,15,17). The highest BCUT2D eigenvalue weighted by Crippen LogP contribution is 2.24. The van der Waals surface area contributed by atoms with Crippen molar-refractivity contribution in [2.24, 2.45) is 0 Å². The first-order chi connectivity index (χ1) is 8.76. The van der Waals surface area contributed by atoms with Crippen LogP contribution in [0.3, 0.4) is 0 Å². The molecule has 3 aromatic rings. The van der Waals surface area contributed by atoms with Gasteiger partial charge in [0.1, 0.15) is 0 Å². The predicted molar refractivity (Wildman–Crippen MR) is 69.8 cm³/mol. The first-order valence-electron chi connectivity index (χ1n) is 5.16. The third-order valence-corrected chi connectivity index (χ3v) is 3.22. The zero-order chi connectivity index (χ0) is 12.5. The molecule has 0 radical (unpaired) electrons. The van der Waals surface area contributed by atoms with Gasteiger partial charge in [-0.05, 0) is 12.1 Å². The zero-order valence-corrected chi connectivity index (χ0v) is 9.98. The zero-order valence-electron chi connectivity index (χ0n) is 9.16. The average molecular weight is 253 g/mol. The summed E-state index contributed by atoms with van der Waals surface area (Å²) >= 11 is 1.31. The van der Waals surface area contributed by atoms with E-state index in [0.717, 1.165) is 11.3 Å². The molecular weight excluding hydrogens is 246 g/mol. The normalized spacial score (nSPS) is 10.4. The molecule has 0 aliphatic rings. The number of benzene rings is 1. The second-order valence-corrected chi connectivity index (χ2v) is 4.63. The van der Waals surface area contributed by atoms with Gasteiger partial charge in [-0.2, -0.15) is 10.2 Å². The molecule has 0 aliphatic carbocycles. The fourth-order valence-corrected chi connectivity index (χ4v) is 2.26. The second kappa shape index (κ2) is 4.05. The quantitative estimate of drug-likeness (QED) is 0.718. The highest BCUT2D eigenvalue weighted by molar-refractivity contribution is 7.21. The Kier molecular flexibility index (Phi) is 2.39. The van der Waals surface area contributed by atoms with Crippen LogP contribution in [0.4, 0.5) is 5.13 Å². The largest absolute Gasteiger partial charge is 0.375 e. The van der Waals surface area contributed by atoms with E-state index in [1.165, 1.54) is 11.3 Å². The molecule has 0 aliphatic heterocycles. The lowest BCUT2D eigenvalue weighted by Crippen LogP contribution is -1.87. The lowest BCUT2D eigenvalue weighted by molar-refractivity contribution is 1.27. The maximum absolute atomic E-state index is 8.74. The predicted octanol–water partition coefficient (Wildman–Crippen LogP) is 2.21. The van der Waals surface area contributed by atoms with E-state index >= 15 is 0 Å². The Morgan fingerprint density at radius 3 is 2.67 bits per heavy atom. The van der Waals surface area contributed by atoms with Gasteiger partial charge < -0.3 is 5.73 Å². The van der Waals surface area contributed by atoms with Crippen LogP contribution in [0.1, 0.15) is 5.56 Å². The molecule has 0 atom stereocenters. The molecule has 0 fully saturated rings. The first kappa shape index (κ1) is 10.6. The van der Waals surface area contributed by atoms with E-state index in [0.29, 0.717) is 21.2 Å². The summed E-state index contributed by atoms with van der Waals surface area (Å²) in [4.78, 5) is 13.4. The summed E-state index contributed by atoms with van der Waals surface area (Å²) in [6.07, 6.45) is 1.66. The van der Waals surface area contributed by atoms with Gasteiger partial charge in [-0.15, -0.1) is 0 Å². The Hall–Kier alpha value is -2.52. The number of nitrogens with zero attached hydrogens (tertiary/aromatic N) is 4. The van der Waals surface area contributed by atoms with Crippen LogP contribution in [0.15, 0.2) is 30.5 Å². The van der Waals surface area contributed by atoms with Crippen LogP contribution >= 0.6 is 11.3 Å². The van der Waals surface area contributed by atoms with Crippen LogP contribution in [0, 0.1) is 11.3 Å². The highest BCUT2D eigenvalue weighted by Gasteiger charge is 2.06. The number of aromatic nitrogens is 3. The number of rotatable bonds is 1. The Balaban J connectivity index is 2.10. The molecule has 0 bridgehead atoms. The van der Waals surface area contributed by atoms with E-state index in [9.17, 15) is 0 Å². The van der Waals surface area contributed by atoms with Gasteiger partial charge in [0.05, 0.1) is 23.5 Å². The second-order valence-electron chi connectivity index (χ2n) is 3.63. The molecule has 6 heteroatoms. The summed E-state index contributed by atoms with van der Waals surface area (Å²) in [5.74, 6) is 0. The van der Waals surface area contributed by atoms with E-state index in [4.69, 9.17) is 11.0 Å². The van der Waals surface area contributed by atoms with Crippen LogP contribution in [0.25, 0.3) is 21.7 Å². The van der Waals surface area contributed by atoms with Gasteiger partial charge in [0.25, 0.3) is 0 Å². The molecule has 0 saturated carbocycles. The Morgan fingerprint density at radius 1 is 1.17 bits per heavy atom. The van der Waals surface area contributed by atoms with Gasteiger partial charge in [-0.3, -0.25) is 0 Å². The smallest absolute Gasteiger partial charge is 0.191 e. The van der Waals surface area contributed by atoms with E-state index in [2.05, 4.69) is 21.0 Å². The molecule has 5 nitrogen and oxygen atoms in total. The fourth-order valence-electron chi connectivity index (χ4n) is 1.59. The highest BCUT2D eigenvalue weighted by atomic mass is 32.1. The molecule has 0 unspecified atom stereocenters. The van der Waals surface area contributed by atoms with Gasteiger partial charge in [-0.25, -0.2) is 9.97 Å². The van der Waals surface area contributed by atoms with Crippen molar-refractivity contribution in [3.63, 3.8) is 0 Å². The van der Waals surface area contributed by atoms with Gasteiger partial charge in [-0.1, -0.05) is 23.5 Å². The number of anilines is 1. The summed E-state index contributed by atoms with van der Waals surface area (Å²) in [6.45, 7) is 0. The molecule has 86 valence electrons. The monoisotopic (exact) mass is 253 g/mol. The van der Waals surface area contributed by atoms with Crippen molar-refractivity contribution in [2.45, 2.75) is 0 Å². The molecule has 0 saturated heterocycles. The van der Waals surface area contributed by atoms with Gasteiger partial charge in [0, 0.05) is 5.56 Å². The molecule has 3 rings (SSSR count). The molecule has 2 aromatic heterocycles. The first-order valence-corrected chi connectivity index (χ1v) is 5.97. The van der Waals surface area contributed by atoms with Gasteiger partial charge in [0.15, 0.2) is 15.6 Å². The van der Waals surface area contributed by atoms with Crippen molar-refractivity contribution in [1.29, 1.82) is 5.26 Å². The van der Waals surface area contributed by atoms with Crippen molar-refractivity contribution >= 4 is 26.9 Å². The van der Waals surface area contributed by atoms with Crippen molar-refractivity contribution in [3.8, 4) is 17.3 Å². The maximum Gasteiger partial charge on any atom is 0.191 e. The van der Waals surface area contributed by atoms with Crippen LogP contribution < -0.4 is 5.73 Å². The topological polar surface area (TPSA) is 88.5 Å². The number of hydrogen-bond donors (Lipinski definition) is 1. The summed E-state index contributed by atoms with van der Waals surface area (Å²) in [6, 6.07) is 9.27. The summed E-state index contributed by atoms with van der Waals surface area (Å²) in [5.41, 5.74) is 8.45. The molecular formula is C12H7N5S. The number of nitrogens with two attached hydrogens (primary N) is 1. The number of thiazole rings is 1. The number of nitriles is 1. The third-order valence-electron chi connectivity index (χ3n) is 2.45. The van der Waals surface area contributed by atoms with Crippen molar-refractivity contribution in [3.05, 3.63) is 36.0 Å². The van der Waals surface area contributed by atoms with Crippen LogP contribution in [-0.2, 0) is 0 Å². The number of hydrogen-bond acceptors (Lipinski definition) is 6. The lowest BCUT2D eigenvalue weighted by atomic mass is 10.1. The number of nitrogen functional groups attached to an aromatic ring is 1. The van der Waals surface area contributed by atoms with Crippen molar-refractivity contribution < 1.29 is 0 Å². The fraction of sp³-hybridized carbons (Fsp3) is 0. The summed E-state index contributed by atoms with van der Waals surface area (Å²) in [5, 5.41) is 9.20. The molecule has 1 aromatic carbocycles. The van der Waals surface area contributed by atoms with E-state index in [1.54, 1.807) is 18.3 Å². The van der Waals surface area contributed by atoms with Gasteiger partial charge >= 0.3 is 0 Å². The minimum absolute atomic E-state index is 0.460. The average Bonchev–Trinajstić information content (AvgIpc) is 2.78. The van der Waals surface area contributed by atoms with Crippen LogP contribution in [0.2, 0.25) is 0 Å². The minimum Gasteiger partial charge on any atom is -0.375 e. The van der Waals surface area contributed by atoms with Crippen LogP contribution in [0.5, 0.6) is 0 Å².